The number of nitrogens with zero attached hydrogens (tertiary/aromatic N) is 2. The number of hydrogen-bond donors (Lipinski definition) is 1. The summed E-state index contributed by atoms with van der Waals surface area (Å²) in [5.74, 6) is 0.905. The molecule has 3 rings (SSSR count). The molecule has 0 unspecified atom stereocenters. The van der Waals surface area contributed by atoms with Crippen molar-refractivity contribution >= 4 is 21.6 Å². The van der Waals surface area contributed by atoms with Crippen LogP contribution >= 0.6 is 0 Å². The molecule has 0 bridgehead atoms. The molecular weight excluding hydrogens is 426 g/mol. The normalized spacial score (nSPS) is 14.2. The zero-order chi connectivity index (χ0) is 23.3. The van der Waals surface area contributed by atoms with Gasteiger partial charge in [-0.1, -0.05) is 26.0 Å². The molecule has 174 valence electrons. The van der Waals surface area contributed by atoms with Crippen molar-refractivity contribution < 1.29 is 17.9 Å². The van der Waals surface area contributed by atoms with Gasteiger partial charge >= 0.3 is 0 Å². The Bertz CT molecular complexity index is 1030. The molecule has 8 heteroatoms. The molecule has 1 fully saturated rings. The number of ether oxygens (including phenoxy) is 1. The number of carbonyl (C=O) groups is 1. The molecule has 2 aromatic carbocycles. The first kappa shape index (κ1) is 24.1. The summed E-state index contributed by atoms with van der Waals surface area (Å²) in [5, 5.41) is 2.87. The van der Waals surface area contributed by atoms with Crippen LogP contribution in [-0.4, -0.2) is 59.0 Å². The second kappa shape index (κ2) is 10.4. The summed E-state index contributed by atoms with van der Waals surface area (Å²) in [7, 11) is -0.673. The maximum absolute atomic E-state index is 13.0. The van der Waals surface area contributed by atoms with Gasteiger partial charge in [-0.2, -0.15) is 0 Å². The average Bonchev–Trinajstić information content (AvgIpc) is 3.31. The molecule has 0 atom stereocenters. The summed E-state index contributed by atoms with van der Waals surface area (Å²) in [6.45, 7) is 6.63. The van der Waals surface area contributed by atoms with Gasteiger partial charge in [-0.25, -0.2) is 12.7 Å². The van der Waals surface area contributed by atoms with E-state index in [4.69, 9.17) is 4.74 Å². The first-order valence-electron chi connectivity index (χ1n) is 11.0. The summed E-state index contributed by atoms with van der Waals surface area (Å²) in [4.78, 5) is 15.2. The summed E-state index contributed by atoms with van der Waals surface area (Å²) in [6.07, 6.45) is 2.12. The molecule has 1 amide bonds. The van der Waals surface area contributed by atoms with Gasteiger partial charge in [0.05, 0.1) is 17.0 Å². The van der Waals surface area contributed by atoms with Crippen LogP contribution in [-0.2, 0) is 10.0 Å². The SMILES string of the molecule is CC(C)c1ccc(OCCNC(=O)c2cc(S(=O)(=O)N(C)C)ccc2N2CCCC2)cc1. The van der Waals surface area contributed by atoms with Crippen molar-refractivity contribution in [2.45, 2.75) is 37.5 Å². The highest BCUT2D eigenvalue weighted by Crippen LogP contribution is 2.28. The third-order valence-electron chi connectivity index (χ3n) is 5.64. The fourth-order valence-electron chi connectivity index (χ4n) is 3.68. The van der Waals surface area contributed by atoms with Crippen LogP contribution in [0.5, 0.6) is 5.75 Å². The average molecular weight is 460 g/mol. The second-order valence-corrected chi connectivity index (χ2v) is 10.6. The highest BCUT2D eigenvalue weighted by atomic mass is 32.2. The topological polar surface area (TPSA) is 78.9 Å². The van der Waals surface area contributed by atoms with Crippen LogP contribution in [0.3, 0.4) is 0 Å². The van der Waals surface area contributed by atoms with Gasteiger partial charge in [-0.3, -0.25) is 4.79 Å². The van der Waals surface area contributed by atoms with Crippen LogP contribution in [0.1, 0.15) is 48.5 Å². The van der Waals surface area contributed by atoms with Gasteiger partial charge in [0.2, 0.25) is 10.0 Å². The fourth-order valence-corrected chi connectivity index (χ4v) is 4.61. The third kappa shape index (κ3) is 5.61. The predicted molar refractivity (Wildman–Crippen MR) is 127 cm³/mol. The Hall–Kier alpha value is -2.58. The first-order chi connectivity index (χ1) is 15.2. The van der Waals surface area contributed by atoms with Gasteiger partial charge in [-0.05, 0) is 54.7 Å². The standard InChI is InChI=1S/C24H33N3O4S/c1-18(2)19-7-9-20(10-8-19)31-16-13-25-24(28)22-17-21(32(29,30)26(3)4)11-12-23(22)27-14-5-6-15-27/h7-12,17-18H,5-6,13-16H2,1-4H3,(H,25,28). The monoisotopic (exact) mass is 459 g/mol. The minimum Gasteiger partial charge on any atom is -0.492 e. The van der Waals surface area contributed by atoms with Crippen molar-refractivity contribution in [2.75, 3.05) is 45.2 Å². The second-order valence-electron chi connectivity index (χ2n) is 8.49. The van der Waals surface area contributed by atoms with E-state index < -0.39 is 10.0 Å². The van der Waals surface area contributed by atoms with E-state index in [0.29, 0.717) is 24.6 Å². The van der Waals surface area contributed by atoms with Gasteiger partial charge in [0, 0.05) is 32.9 Å². The van der Waals surface area contributed by atoms with Gasteiger partial charge < -0.3 is 15.0 Å². The van der Waals surface area contributed by atoms with Crippen molar-refractivity contribution in [3.8, 4) is 5.75 Å². The van der Waals surface area contributed by atoms with Crippen molar-refractivity contribution in [1.29, 1.82) is 0 Å². The van der Waals surface area contributed by atoms with E-state index in [1.807, 2.05) is 24.3 Å². The minimum atomic E-state index is -3.63. The molecule has 2 aromatic rings. The van der Waals surface area contributed by atoms with E-state index in [0.717, 1.165) is 41.7 Å². The first-order valence-corrected chi connectivity index (χ1v) is 12.5. The largest absolute Gasteiger partial charge is 0.492 e. The van der Waals surface area contributed by atoms with Crippen LogP contribution < -0.4 is 15.0 Å². The molecule has 1 aliphatic rings. The van der Waals surface area contributed by atoms with E-state index in [1.165, 1.54) is 25.7 Å². The zero-order valence-electron chi connectivity index (χ0n) is 19.3. The molecule has 1 saturated heterocycles. The van der Waals surface area contributed by atoms with Gasteiger partial charge in [0.25, 0.3) is 5.91 Å². The van der Waals surface area contributed by atoms with E-state index in [1.54, 1.807) is 12.1 Å². The molecule has 0 aliphatic carbocycles. The highest BCUT2D eigenvalue weighted by Gasteiger charge is 2.24. The Labute approximate surface area is 191 Å². The molecule has 0 spiro atoms. The smallest absolute Gasteiger partial charge is 0.253 e. The molecule has 0 radical (unpaired) electrons. The molecule has 0 aromatic heterocycles. The van der Waals surface area contributed by atoms with E-state index >= 15 is 0 Å². The lowest BCUT2D eigenvalue weighted by molar-refractivity contribution is 0.0947. The van der Waals surface area contributed by atoms with Gasteiger partial charge in [0.1, 0.15) is 12.4 Å². The molecule has 32 heavy (non-hydrogen) atoms. The van der Waals surface area contributed by atoms with Crippen molar-refractivity contribution in [3.05, 3.63) is 53.6 Å². The lowest BCUT2D eigenvalue weighted by Crippen LogP contribution is -2.31. The minimum absolute atomic E-state index is 0.108. The van der Waals surface area contributed by atoms with Crippen LogP contribution in [0.25, 0.3) is 0 Å². The predicted octanol–water partition coefficient (Wildman–Crippen LogP) is 3.47. The number of rotatable bonds is 9. The van der Waals surface area contributed by atoms with Gasteiger partial charge in [0.15, 0.2) is 0 Å². The molecule has 0 saturated carbocycles. The maximum atomic E-state index is 13.0. The van der Waals surface area contributed by atoms with Crippen molar-refractivity contribution in [3.63, 3.8) is 0 Å². The summed E-state index contributed by atoms with van der Waals surface area (Å²) < 4.78 is 32.1. The summed E-state index contributed by atoms with van der Waals surface area (Å²) in [5.41, 5.74) is 2.38. The highest BCUT2D eigenvalue weighted by molar-refractivity contribution is 7.89. The van der Waals surface area contributed by atoms with Crippen LogP contribution in [0, 0.1) is 0 Å². The lowest BCUT2D eigenvalue weighted by atomic mass is 10.0. The Morgan fingerprint density at radius 3 is 2.34 bits per heavy atom. The van der Waals surface area contributed by atoms with Gasteiger partial charge in [-0.15, -0.1) is 0 Å². The Balaban J connectivity index is 1.69. The number of nitrogens with one attached hydrogen (secondary N) is 1. The summed E-state index contributed by atoms with van der Waals surface area (Å²) in [6, 6.07) is 12.7. The quantitative estimate of drug-likeness (QED) is 0.581. The third-order valence-corrected chi connectivity index (χ3v) is 7.45. The molecule has 1 N–H and O–H groups in total. The number of carbonyl (C=O) groups excluding carboxylic acids is 1. The van der Waals surface area contributed by atoms with Crippen LogP contribution in [0.15, 0.2) is 47.4 Å². The number of amides is 1. The van der Waals surface area contributed by atoms with E-state index in [-0.39, 0.29) is 10.8 Å². The van der Waals surface area contributed by atoms with Crippen molar-refractivity contribution in [1.82, 2.24) is 9.62 Å². The number of benzene rings is 2. The summed E-state index contributed by atoms with van der Waals surface area (Å²) >= 11 is 0. The van der Waals surface area contributed by atoms with E-state index in [9.17, 15) is 13.2 Å². The Morgan fingerprint density at radius 1 is 1.09 bits per heavy atom. The Morgan fingerprint density at radius 2 is 1.75 bits per heavy atom. The van der Waals surface area contributed by atoms with Crippen LogP contribution in [0.2, 0.25) is 0 Å². The fraction of sp³-hybridized carbons (Fsp3) is 0.458. The Kier molecular flexibility index (Phi) is 7.79. The molecule has 1 aliphatic heterocycles. The van der Waals surface area contributed by atoms with Crippen LogP contribution in [0.4, 0.5) is 5.69 Å². The number of anilines is 1. The van der Waals surface area contributed by atoms with E-state index in [2.05, 4.69) is 24.1 Å². The van der Waals surface area contributed by atoms with Crippen molar-refractivity contribution in [2.24, 2.45) is 0 Å². The lowest BCUT2D eigenvalue weighted by Gasteiger charge is -2.22. The molecule has 7 nitrogen and oxygen atoms in total. The maximum Gasteiger partial charge on any atom is 0.253 e. The number of sulfonamides is 1. The molecule has 1 heterocycles. The molecular formula is C24H33N3O4S. The zero-order valence-corrected chi connectivity index (χ0v) is 20.1. The number of hydrogen-bond acceptors (Lipinski definition) is 5.